The number of anilines is 1. The van der Waals surface area contributed by atoms with E-state index >= 15 is 0 Å². The fraction of sp³-hybridized carbons (Fsp3) is 0.360. The van der Waals surface area contributed by atoms with Crippen LogP contribution in [0.2, 0.25) is 0 Å². The highest BCUT2D eigenvalue weighted by molar-refractivity contribution is 6.06. The number of aryl methyl sites for hydroxylation is 1. The first-order valence-corrected chi connectivity index (χ1v) is 11.0. The van der Waals surface area contributed by atoms with Gasteiger partial charge in [-0.15, -0.1) is 0 Å². The number of pyridine rings is 2. The van der Waals surface area contributed by atoms with E-state index in [1.165, 1.54) is 0 Å². The summed E-state index contributed by atoms with van der Waals surface area (Å²) in [6.07, 6.45) is 2.53. The molecule has 3 heterocycles. The lowest BCUT2D eigenvalue weighted by Crippen LogP contribution is -2.34. The minimum absolute atomic E-state index is 0.422. The average Bonchev–Trinajstić information content (AvgIpc) is 2.79. The number of nitrogens with zero attached hydrogens (tertiary/aromatic N) is 3. The molecule has 0 fully saturated rings. The van der Waals surface area contributed by atoms with Gasteiger partial charge in [-0.05, 0) is 44.5 Å². The van der Waals surface area contributed by atoms with Gasteiger partial charge in [0.15, 0.2) is 6.10 Å². The fourth-order valence-electron chi connectivity index (χ4n) is 4.03. The maximum absolute atomic E-state index is 13.3. The lowest BCUT2D eigenvalue weighted by molar-refractivity contribution is -0.123. The topological polar surface area (TPSA) is 84.4 Å². The number of esters is 1. The minimum atomic E-state index is -0.969. The van der Waals surface area contributed by atoms with Crippen molar-refractivity contribution in [3.63, 3.8) is 0 Å². The molecule has 0 aliphatic carbocycles. The zero-order valence-corrected chi connectivity index (χ0v) is 18.7. The van der Waals surface area contributed by atoms with Crippen molar-refractivity contribution in [3.05, 3.63) is 65.0 Å². The summed E-state index contributed by atoms with van der Waals surface area (Å²) in [5.74, 6) is -0.502. The number of amides is 1. The van der Waals surface area contributed by atoms with Crippen LogP contribution in [0.25, 0.3) is 10.9 Å². The molecule has 0 spiro atoms. The molecule has 0 bridgehead atoms. The van der Waals surface area contributed by atoms with Gasteiger partial charge in [0.25, 0.3) is 5.91 Å². The summed E-state index contributed by atoms with van der Waals surface area (Å²) in [6.45, 7) is 8.17. The SMILES string of the molecule is CCCN1CCc2nc3ccccc3c(C(=O)OC(C)C(=O)Nc3ccc(C)cn3)c2C1. The predicted molar refractivity (Wildman–Crippen MR) is 123 cm³/mol. The van der Waals surface area contributed by atoms with Gasteiger partial charge in [0.2, 0.25) is 0 Å². The number of nitrogens with one attached hydrogen (secondary N) is 1. The number of hydrogen-bond acceptors (Lipinski definition) is 6. The Hall–Kier alpha value is -3.32. The molecule has 4 rings (SSSR count). The van der Waals surface area contributed by atoms with Crippen molar-refractivity contribution in [1.82, 2.24) is 14.9 Å². The largest absolute Gasteiger partial charge is 0.449 e. The Kier molecular flexibility index (Phi) is 6.46. The zero-order chi connectivity index (χ0) is 22.7. The molecule has 1 aliphatic heterocycles. The molecule has 32 heavy (non-hydrogen) atoms. The number of fused-ring (bicyclic) bond motifs is 2. The van der Waals surface area contributed by atoms with E-state index in [0.717, 1.165) is 53.7 Å². The van der Waals surface area contributed by atoms with E-state index in [2.05, 4.69) is 22.1 Å². The summed E-state index contributed by atoms with van der Waals surface area (Å²) in [4.78, 5) is 37.3. The highest BCUT2D eigenvalue weighted by Gasteiger charge is 2.28. The highest BCUT2D eigenvalue weighted by Crippen LogP contribution is 2.29. The quantitative estimate of drug-likeness (QED) is 0.595. The first kappa shape index (κ1) is 21.9. The first-order chi connectivity index (χ1) is 15.5. The number of aromatic nitrogens is 2. The van der Waals surface area contributed by atoms with Gasteiger partial charge in [0.05, 0.1) is 11.1 Å². The summed E-state index contributed by atoms with van der Waals surface area (Å²) in [5, 5.41) is 3.45. The van der Waals surface area contributed by atoms with E-state index in [9.17, 15) is 9.59 Å². The maximum atomic E-state index is 13.3. The zero-order valence-electron chi connectivity index (χ0n) is 18.7. The number of carbonyl (C=O) groups excluding carboxylic acids is 2. The van der Waals surface area contributed by atoms with Crippen molar-refractivity contribution in [1.29, 1.82) is 0 Å². The van der Waals surface area contributed by atoms with Crippen LogP contribution in [0.3, 0.4) is 0 Å². The second-order valence-corrected chi connectivity index (χ2v) is 8.21. The third kappa shape index (κ3) is 4.62. The van der Waals surface area contributed by atoms with E-state index < -0.39 is 18.0 Å². The van der Waals surface area contributed by atoms with Crippen LogP contribution < -0.4 is 5.32 Å². The molecule has 2 aromatic heterocycles. The van der Waals surface area contributed by atoms with Gasteiger partial charge in [-0.1, -0.05) is 31.2 Å². The minimum Gasteiger partial charge on any atom is -0.449 e. The van der Waals surface area contributed by atoms with E-state index in [1.807, 2.05) is 37.3 Å². The van der Waals surface area contributed by atoms with Crippen LogP contribution in [0.1, 0.15) is 47.4 Å². The van der Waals surface area contributed by atoms with Crippen LogP contribution in [-0.4, -0.2) is 45.9 Å². The first-order valence-electron chi connectivity index (χ1n) is 11.0. The Bertz CT molecular complexity index is 1140. The van der Waals surface area contributed by atoms with Crippen LogP contribution in [0.4, 0.5) is 5.82 Å². The number of para-hydroxylation sites is 1. The second kappa shape index (κ2) is 9.44. The Balaban J connectivity index is 1.60. The van der Waals surface area contributed by atoms with Gasteiger partial charge in [0.1, 0.15) is 5.82 Å². The van der Waals surface area contributed by atoms with Crippen molar-refractivity contribution >= 4 is 28.6 Å². The molecular weight excluding hydrogens is 404 g/mol. The molecule has 1 amide bonds. The van der Waals surface area contributed by atoms with E-state index in [1.54, 1.807) is 19.2 Å². The molecule has 0 saturated heterocycles. The summed E-state index contributed by atoms with van der Waals surface area (Å²) in [7, 11) is 0. The molecule has 1 atom stereocenters. The monoisotopic (exact) mass is 432 g/mol. The summed E-state index contributed by atoms with van der Waals surface area (Å²) in [6, 6.07) is 11.2. The molecule has 1 aromatic carbocycles. The molecule has 3 aromatic rings. The molecule has 7 heteroatoms. The normalized spacial score (nSPS) is 14.6. The molecule has 0 saturated carbocycles. The van der Waals surface area contributed by atoms with Gasteiger partial charge >= 0.3 is 5.97 Å². The van der Waals surface area contributed by atoms with Gasteiger partial charge < -0.3 is 10.1 Å². The Labute approximate surface area is 187 Å². The van der Waals surface area contributed by atoms with Gasteiger partial charge in [0, 0.05) is 42.4 Å². The number of benzene rings is 1. The van der Waals surface area contributed by atoms with E-state index in [0.29, 0.717) is 17.9 Å². The van der Waals surface area contributed by atoms with Crippen molar-refractivity contribution < 1.29 is 14.3 Å². The van der Waals surface area contributed by atoms with Crippen LogP contribution in [-0.2, 0) is 22.5 Å². The molecule has 1 N–H and O–H groups in total. The van der Waals surface area contributed by atoms with Crippen LogP contribution in [0.5, 0.6) is 0 Å². The lowest BCUT2D eigenvalue weighted by Gasteiger charge is -2.29. The highest BCUT2D eigenvalue weighted by atomic mass is 16.5. The fourth-order valence-corrected chi connectivity index (χ4v) is 4.03. The maximum Gasteiger partial charge on any atom is 0.339 e. The number of carbonyl (C=O) groups is 2. The van der Waals surface area contributed by atoms with Gasteiger partial charge in [-0.25, -0.2) is 9.78 Å². The van der Waals surface area contributed by atoms with E-state index in [-0.39, 0.29) is 0 Å². The Morgan fingerprint density at radius 1 is 1.22 bits per heavy atom. The predicted octanol–water partition coefficient (Wildman–Crippen LogP) is 3.89. The number of rotatable bonds is 6. The van der Waals surface area contributed by atoms with Crippen molar-refractivity contribution in [2.24, 2.45) is 0 Å². The summed E-state index contributed by atoms with van der Waals surface area (Å²) >= 11 is 0. The lowest BCUT2D eigenvalue weighted by atomic mass is 9.95. The standard InChI is InChI=1S/C25H28N4O3/c1-4-12-29-13-11-21-19(15-29)23(18-7-5-6-8-20(18)27-21)25(31)32-17(3)24(30)28-22-10-9-16(2)14-26-22/h5-10,14,17H,4,11-13,15H2,1-3H3,(H,26,28,30). The van der Waals surface area contributed by atoms with Crippen molar-refractivity contribution in [2.75, 3.05) is 18.4 Å². The Morgan fingerprint density at radius 2 is 2.03 bits per heavy atom. The molecule has 0 radical (unpaired) electrons. The second-order valence-electron chi connectivity index (χ2n) is 8.21. The van der Waals surface area contributed by atoms with Crippen LogP contribution in [0, 0.1) is 6.92 Å². The van der Waals surface area contributed by atoms with Crippen LogP contribution >= 0.6 is 0 Å². The third-order valence-corrected chi connectivity index (χ3v) is 5.69. The molecule has 1 aliphatic rings. The van der Waals surface area contributed by atoms with Crippen molar-refractivity contribution in [2.45, 2.75) is 46.3 Å². The summed E-state index contributed by atoms with van der Waals surface area (Å²) in [5.41, 5.74) is 4.11. The van der Waals surface area contributed by atoms with E-state index in [4.69, 9.17) is 9.72 Å². The van der Waals surface area contributed by atoms with Crippen molar-refractivity contribution in [3.8, 4) is 0 Å². The molecule has 166 valence electrons. The van der Waals surface area contributed by atoms with Gasteiger partial charge in [-0.2, -0.15) is 0 Å². The Morgan fingerprint density at radius 3 is 2.78 bits per heavy atom. The smallest absolute Gasteiger partial charge is 0.339 e. The average molecular weight is 433 g/mol. The van der Waals surface area contributed by atoms with Gasteiger partial charge in [-0.3, -0.25) is 14.7 Å². The molecule has 1 unspecified atom stereocenters. The molecule has 7 nitrogen and oxygen atoms in total. The number of ether oxygens (including phenoxy) is 1. The summed E-state index contributed by atoms with van der Waals surface area (Å²) < 4.78 is 5.64. The molecular formula is C25H28N4O3. The third-order valence-electron chi connectivity index (χ3n) is 5.69. The number of hydrogen-bond donors (Lipinski definition) is 1. The van der Waals surface area contributed by atoms with Crippen LogP contribution in [0.15, 0.2) is 42.6 Å².